The van der Waals surface area contributed by atoms with Crippen molar-refractivity contribution in [1.29, 1.82) is 0 Å². The molecule has 0 spiro atoms. The topological polar surface area (TPSA) is 38.1 Å². The van der Waals surface area contributed by atoms with E-state index in [0.717, 1.165) is 16.6 Å². The number of rotatable bonds is 4. The van der Waals surface area contributed by atoms with Crippen molar-refractivity contribution in [2.24, 2.45) is 0 Å². The highest BCUT2D eigenvalue weighted by Crippen LogP contribution is 2.28. The summed E-state index contributed by atoms with van der Waals surface area (Å²) in [5.74, 6) is 0.160. The SMILES string of the molecule is CCNCc1cnoc1-c1cc(Br)ccc1F. The monoisotopic (exact) mass is 298 g/mol. The van der Waals surface area contributed by atoms with E-state index in [1.165, 1.54) is 6.07 Å². The maximum Gasteiger partial charge on any atom is 0.174 e. The van der Waals surface area contributed by atoms with E-state index in [-0.39, 0.29) is 5.82 Å². The molecule has 0 radical (unpaired) electrons. The molecule has 2 rings (SSSR count). The van der Waals surface area contributed by atoms with E-state index in [4.69, 9.17) is 4.52 Å². The standard InChI is InChI=1S/C12H12BrFN2O/c1-2-15-6-8-7-16-17-12(8)10-5-9(13)3-4-11(10)14/h3-5,7,15H,2,6H2,1H3. The molecule has 1 aromatic carbocycles. The van der Waals surface area contributed by atoms with Gasteiger partial charge in [0.25, 0.3) is 0 Å². The van der Waals surface area contributed by atoms with Crippen LogP contribution in [0.15, 0.2) is 33.4 Å². The molecule has 1 N–H and O–H groups in total. The van der Waals surface area contributed by atoms with Crippen molar-refractivity contribution in [3.63, 3.8) is 0 Å². The van der Waals surface area contributed by atoms with Gasteiger partial charge < -0.3 is 9.84 Å². The van der Waals surface area contributed by atoms with E-state index in [1.807, 2.05) is 6.92 Å². The van der Waals surface area contributed by atoms with Gasteiger partial charge in [-0.3, -0.25) is 0 Å². The fourth-order valence-corrected chi connectivity index (χ4v) is 1.90. The highest BCUT2D eigenvalue weighted by atomic mass is 79.9. The molecular formula is C12H12BrFN2O. The Balaban J connectivity index is 2.38. The summed E-state index contributed by atoms with van der Waals surface area (Å²) in [6.07, 6.45) is 1.61. The number of nitrogens with one attached hydrogen (secondary N) is 1. The van der Waals surface area contributed by atoms with E-state index in [1.54, 1.807) is 18.3 Å². The third kappa shape index (κ3) is 2.73. The lowest BCUT2D eigenvalue weighted by Crippen LogP contribution is -2.11. The lowest BCUT2D eigenvalue weighted by atomic mass is 10.1. The number of aromatic nitrogens is 1. The zero-order valence-corrected chi connectivity index (χ0v) is 10.9. The summed E-state index contributed by atoms with van der Waals surface area (Å²) in [5, 5.41) is 6.89. The van der Waals surface area contributed by atoms with E-state index in [0.29, 0.717) is 17.9 Å². The van der Waals surface area contributed by atoms with Crippen molar-refractivity contribution < 1.29 is 8.91 Å². The molecule has 17 heavy (non-hydrogen) atoms. The molecule has 0 fully saturated rings. The molecule has 90 valence electrons. The Kier molecular flexibility index (Phi) is 3.91. The molecule has 2 aromatic rings. The Bertz CT molecular complexity index is 513. The van der Waals surface area contributed by atoms with Gasteiger partial charge >= 0.3 is 0 Å². The Morgan fingerprint density at radius 1 is 1.47 bits per heavy atom. The number of hydrogen-bond donors (Lipinski definition) is 1. The Labute approximate surface area is 107 Å². The lowest BCUT2D eigenvalue weighted by Gasteiger charge is -2.03. The Morgan fingerprint density at radius 3 is 3.06 bits per heavy atom. The third-order valence-electron chi connectivity index (χ3n) is 2.38. The minimum Gasteiger partial charge on any atom is -0.356 e. The second kappa shape index (κ2) is 5.42. The number of benzene rings is 1. The van der Waals surface area contributed by atoms with Crippen LogP contribution in [0.3, 0.4) is 0 Å². The van der Waals surface area contributed by atoms with Gasteiger partial charge in [-0.25, -0.2) is 4.39 Å². The van der Waals surface area contributed by atoms with Crippen LogP contribution < -0.4 is 5.32 Å². The van der Waals surface area contributed by atoms with E-state index >= 15 is 0 Å². The van der Waals surface area contributed by atoms with Crippen LogP contribution in [-0.2, 0) is 6.54 Å². The normalized spacial score (nSPS) is 10.8. The molecule has 3 nitrogen and oxygen atoms in total. The second-order valence-corrected chi connectivity index (χ2v) is 4.50. The number of hydrogen-bond acceptors (Lipinski definition) is 3. The molecular weight excluding hydrogens is 287 g/mol. The zero-order chi connectivity index (χ0) is 12.3. The maximum absolute atomic E-state index is 13.7. The van der Waals surface area contributed by atoms with Crippen LogP contribution in [0.25, 0.3) is 11.3 Å². The predicted octanol–water partition coefficient (Wildman–Crippen LogP) is 3.35. The smallest absolute Gasteiger partial charge is 0.174 e. The Hall–Kier alpha value is -1.20. The van der Waals surface area contributed by atoms with Crippen LogP contribution in [0.4, 0.5) is 4.39 Å². The first-order valence-corrected chi connectivity index (χ1v) is 6.11. The van der Waals surface area contributed by atoms with Gasteiger partial charge in [-0.05, 0) is 24.7 Å². The summed E-state index contributed by atoms with van der Waals surface area (Å²) in [6.45, 7) is 3.46. The second-order valence-electron chi connectivity index (χ2n) is 3.58. The van der Waals surface area contributed by atoms with Crippen molar-refractivity contribution in [2.45, 2.75) is 13.5 Å². The first kappa shape index (κ1) is 12.3. The van der Waals surface area contributed by atoms with E-state index in [2.05, 4.69) is 26.4 Å². The number of halogens is 2. The fraction of sp³-hybridized carbons (Fsp3) is 0.250. The highest BCUT2D eigenvalue weighted by Gasteiger charge is 2.14. The molecule has 0 atom stereocenters. The first-order chi connectivity index (χ1) is 8.22. The third-order valence-corrected chi connectivity index (χ3v) is 2.88. The minimum atomic E-state index is -0.317. The molecule has 0 unspecified atom stereocenters. The van der Waals surface area contributed by atoms with Crippen molar-refractivity contribution in [1.82, 2.24) is 10.5 Å². The molecule has 1 heterocycles. The average Bonchev–Trinajstić information content (AvgIpc) is 2.77. The lowest BCUT2D eigenvalue weighted by molar-refractivity contribution is 0.429. The van der Waals surface area contributed by atoms with Crippen LogP contribution in [0.5, 0.6) is 0 Å². The first-order valence-electron chi connectivity index (χ1n) is 5.32. The van der Waals surface area contributed by atoms with Gasteiger partial charge in [-0.15, -0.1) is 0 Å². The zero-order valence-electron chi connectivity index (χ0n) is 9.34. The number of nitrogens with zero attached hydrogens (tertiary/aromatic N) is 1. The molecule has 1 aromatic heterocycles. The average molecular weight is 299 g/mol. The summed E-state index contributed by atoms with van der Waals surface area (Å²) in [6, 6.07) is 4.74. The summed E-state index contributed by atoms with van der Waals surface area (Å²) >= 11 is 3.31. The quantitative estimate of drug-likeness (QED) is 0.941. The minimum absolute atomic E-state index is 0.317. The van der Waals surface area contributed by atoms with Gasteiger partial charge in [0.1, 0.15) is 5.82 Å². The van der Waals surface area contributed by atoms with Crippen LogP contribution in [0.2, 0.25) is 0 Å². The van der Waals surface area contributed by atoms with Gasteiger partial charge in [-0.2, -0.15) is 0 Å². The highest BCUT2D eigenvalue weighted by molar-refractivity contribution is 9.10. The van der Waals surface area contributed by atoms with Crippen LogP contribution in [0.1, 0.15) is 12.5 Å². The van der Waals surface area contributed by atoms with Crippen molar-refractivity contribution in [2.75, 3.05) is 6.54 Å². The van der Waals surface area contributed by atoms with Crippen molar-refractivity contribution >= 4 is 15.9 Å². The van der Waals surface area contributed by atoms with Crippen LogP contribution >= 0.6 is 15.9 Å². The van der Waals surface area contributed by atoms with Crippen molar-refractivity contribution in [3.05, 3.63) is 40.2 Å². The van der Waals surface area contributed by atoms with Gasteiger partial charge in [-0.1, -0.05) is 28.0 Å². The van der Waals surface area contributed by atoms with Gasteiger partial charge in [0.2, 0.25) is 0 Å². The molecule has 0 aliphatic carbocycles. The van der Waals surface area contributed by atoms with Crippen molar-refractivity contribution in [3.8, 4) is 11.3 Å². The largest absolute Gasteiger partial charge is 0.356 e. The summed E-state index contributed by atoms with van der Waals surface area (Å²) < 4.78 is 19.6. The predicted molar refractivity (Wildman–Crippen MR) is 67.0 cm³/mol. The molecule has 0 saturated carbocycles. The van der Waals surface area contributed by atoms with Crippen LogP contribution in [-0.4, -0.2) is 11.7 Å². The maximum atomic E-state index is 13.7. The summed E-state index contributed by atoms with van der Waals surface area (Å²) in [7, 11) is 0. The summed E-state index contributed by atoms with van der Waals surface area (Å²) in [4.78, 5) is 0. The van der Waals surface area contributed by atoms with Gasteiger partial charge in [0, 0.05) is 16.6 Å². The molecule has 0 aliphatic heterocycles. The van der Waals surface area contributed by atoms with E-state index < -0.39 is 0 Å². The van der Waals surface area contributed by atoms with Crippen LogP contribution in [0, 0.1) is 5.82 Å². The molecule has 0 amide bonds. The van der Waals surface area contributed by atoms with E-state index in [9.17, 15) is 4.39 Å². The molecule has 0 aliphatic rings. The summed E-state index contributed by atoms with van der Waals surface area (Å²) in [5.41, 5.74) is 1.27. The fourth-order valence-electron chi connectivity index (χ4n) is 1.54. The van der Waals surface area contributed by atoms with Gasteiger partial charge in [0.15, 0.2) is 5.76 Å². The molecule has 0 bridgehead atoms. The van der Waals surface area contributed by atoms with Gasteiger partial charge in [0.05, 0.1) is 11.8 Å². The Morgan fingerprint density at radius 2 is 2.29 bits per heavy atom. The molecule has 0 saturated heterocycles. The molecule has 5 heteroatoms.